The molecule has 0 saturated heterocycles. The number of rotatable bonds is 6. The van der Waals surface area contributed by atoms with Gasteiger partial charge >= 0.3 is 0 Å². The number of aryl methyl sites for hydroxylation is 1. The molecule has 0 bridgehead atoms. The van der Waals surface area contributed by atoms with Crippen molar-refractivity contribution >= 4 is 5.82 Å². The smallest absolute Gasteiger partial charge is 0.129 e. The summed E-state index contributed by atoms with van der Waals surface area (Å²) < 4.78 is 1.83. The number of hydrogen-bond donors (Lipinski definition) is 1. The van der Waals surface area contributed by atoms with Crippen LogP contribution in [0.3, 0.4) is 0 Å². The molecule has 0 radical (unpaired) electrons. The maximum absolute atomic E-state index is 4.79. The van der Waals surface area contributed by atoms with E-state index in [0.29, 0.717) is 5.92 Å². The molecule has 0 unspecified atom stereocenters. The summed E-state index contributed by atoms with van der Waals surface area (Å²) in [7, 11) is 5.98. The van der Waals surface area contributed by atoms with Crippen molar-refractivity contribution in [1.29, 1.82) is 0 Å². The number of nitrogens with zero attached hydrogens (tertiary/aromatic N) is 4. The first kappa shape index (κ1) is 15.5. The Morgan fingerprint density at radius 3 is 2.62 bits per heavy atom. The summed E-state index contributed by atoms with van der Waals surface area (Å²) in [6, 6.07) is 4.33. The van der Waals surface area contributed by atoms with E-state index in [1.54, 1.807) is 0 Å². The Bertz CT molecular complexity index is 588. The Hall–Kier alpha value is -1.88. The molecule has 2 aromatic heterocycles. The molecule has 0 saturated carbocycles. The fourth-order valence-corrected chi connectivity index (χ4v) is 2.30. The molecule has 5 heteroatoms. The average molecular weight is 287 g/mol. The number of nitrogens with one attached hydrogen (secondary N) is 1. The lowest BCUT2D eigenvalue weighted by Crippen LogP contribution is -2.19. The summed E-state index contributed by atoms with van der Waals surface area (Å²) in [5, 5.41) is 7.43. The first-order valence-corrected chi connectivity index (χ1v) is 7.33. The van der Waals surface area contributed by atoms with E-state index in [1.165, 1.54) is 11.1 Å². The van der Waals surface area contributed by atoms with E-state index >= 15 is 0 Å². The van der Waals surface area contributed by atoms with Crippen LogP contribution >= 0.6 is 0 Å². The Kier molecular flexibility index (Phi) is 4.96. The van der Waals surface area contributed by atoms with Crippen molar-refractivity contribution < 1.29 is 0 Å². The van der Waals surface area contributed by atoms with E-state index in [-0.39, 0.29) is 0 Å². The molecule has 0 aliphatic carbocycles. The topological polar surface area (TPSA) is 46.0 Å². The van der Waals surface area contributed by atoms with Gasteiger partial charge in [0.1, 0.15) is 5.82 Å². The SMILES string of the molecule is CNCc1cc(C(C)C)nc(N(C)Cc2cnn(C)c2)c1. The fourth-order valence-electron chi connectivity index (χ4n) is 2.30. The molecule has 0 amide bonds. The molecule has 0 aromatic carbocycles. The van der Waals surface area contributed by atoms with Crippen LogP contribution in [0.2, 0.25) is 0 Å². The zero-order valence-electron chi connectivity index (χ0n) is 13.6. The van der Waals surface area contributed by atoms with Gasteiger partial charge in [0, 0.05) is 44.6 Å². The minimum Gasteiger partial charge on any atom is -0.355 e. The standard InChI is InChI=1S/C16H25N5/c1-12(2)15-6-13(8-17-3)7-16(19-15)20(4)10-14-9-18-21(5)11-14/h6-7,9,11-12,17H,8,10H2,1-5H3. The fraction of sp³-hybridized carbons (Fsp3) is 0.500. The second-order valence-corrected chi connectivity index (χ2v) is 5.82. The third kappa shape index (κ3) is 4.04. The lowest BCUT2D eigenvalue weighted by atomic mass is 10.1. The number of hydrogen-bond acceptors (Lipinski definition) is 4. The molecule has 2 rings (SSSR count). The molecule has 0 aliphatic rings. The summed E-state index contributed by atoms with van der Waals surface area (Å²) in [5.74, 6) is 1.43. The van der Waals surface area contributed by atoms with Gasteiger partial charge in [0.15, 0.2) is 0 Å². The van der Waals surface area contributed by atoms with E-state index in [1.807, 2.05) is 31.2 Å². The van der Waals surface area contributed by atoms with Gasteiger partial charge in [-0.2, -0.15) is 5.10 Å². The predicted octanol–water partition coefficient (Wildman–Crippen LogP) is 2.29. The largest absolute Gasteiger partial charge is 0.355 e. The zero-order valence-corrected chi connectivity index (χ0v) is 13.6. The van der Waals surface area contributed by atoms with Crippen LogP contribution in [-0.2, 0) is 20.1 Å². The van der Waals surface area contributed by atoms with Gasteiger partial charge in [0.25, 0.3) is 0 Å². The van der Waals surface area contributed by atoms with Crippen molar-refractivity contribution in [3.8, 4) is 0 Å². The van der Waals surface area contributed by atoms with Gasteiger partial charge in [-0.15, -0.1) is 0 Å². The van der Waals surface area contributed by atoms with E-state index < -0.39 is 0 Å². The Labute approximate surface area is 127 Å². The minimum absolute atomic E-state index is 0.423. The van der Waals surface area contributed by atoms with Crippen LogP contribution in [0.25, 0.3) is 0 Å². The second-order valence-electron chi connectivity index (χ2n) is 5.82. The number of pyridine rings is 1. The Morgan fingerprint density at radius 2 is 2.05 bits per heavy atom. The highest BCUT2D eigenvalue weighted by molar-refractivity contribution is 5.43. The van der Waals surface area contributed by atoms with Crippen molar-refractivity contribution in [2.75, 3.05) is 19.0 Å². The molecule has 114 valence electrons. The van der Waals surface area contributed by atoms with Crippen LogP contribution in [-0.4, -0.2) is 28.9 Å². The molecule has 0 fully saturated rings. The van der Waals surface area contributed by atoms with Crippen LogP contribution in [0, 0.1) is 0 Å². The lowest BCUT2D eigenvalue weighted by molar-refractivity contribution is 0.765. The predicted molar refractivity (Wildman–Crippen MR) is 86.4 cm³/mol. The molecule has 0 atom stereocenters. The summed E-state index contributed by atoms with van der Waals surface area (Å²) >= 11 is 0. The number of anilines is 1. The quantitative estimate of drug-likeness (QED) is 0.885. The normalized spacial score (nSPS) is 11.1. The molecule has 2 aromatic rings. The molecular formula is C16H25N5. The van der Waals surface area contributed by atoms with Gasteiger partial charge in [-0.05, 0) is 30.7 Å². The van der Waals surface area contributed by atoms with Crippen molar-refractivity contribution in [1.82, 2.24) is 20.1 Å². The lowest BCUT2D eigenvalue weighted by Gasteiger charge is -2.20. The average Bonchev–Trinajstić information content (AvgIpc) is 2.84. The van der Waals surface area contributed by atoms with Crippen molar-refractivity contribution in [3.05, 3.63) is 41.3 Å². The molecule has 2 heterocycles. The molecular weight excluding hydrogens is 262 g/mol. The third-order valence-corrected chi connectivity index (χ3v) is 3.43. The first-order valence-electron chi connectivity index (χ1n) is 7.33. The highest BCUT2D eigenvalue weighted by Gasteiger charge is 2.10. The zero-order chi connectivity index (χ0) is 15.4. The third-order valence-electron chi connectivity index (χ3n) is 3.43. The van der Waals surface area contributed by atoms with Gasteiger partial charge in [-0.25, -0.2) is 4.98 Å². The maximum atomic E-state index is 4.79. The maximum Gasteiger partial charge on any atom is 0.129 e. The van der Waals surface area contributed by atoms with E-state index in [2.05, 4.69) is 48.3 Å². The van der Waals surface area contributed by atoms with Gasteiger partial charge < -0.3 is 10.2 Å². The van der Waals surface area contributed by atoms with Crippen LogP contribution in [0.4, 0.5) is 5.82 Å². The van der Waals surface area contributed by atoms with Crippen LogP contribution in [0.5, 0.6) is 0 Å². The number of aromatic nitrogens is 3. The van der Waals surface area contributed by atoms with Gasteiger partial charge in [-0.3, -0.25) is 4.68 Å². The second kappa shape index (κ2) is 6.72. The van der Waals surface area contributed by atoms with Crippen LogP contribution in [0.1, 0.15) is 36.6 Å². The highest BCUT2D eigenvalue weighted by atomic mass is 15.2. The van der Waals surface area contributed by atoms with Gasteiger partial charge in [0.2, 0.25) is 0 Å². The van der Waals surface area contributed by atoms with Crippen LogP contribution < -0.4 is 10.2 Å². The molecule has 0 aliphatic heterocycles. The highest BCUT2D eigenvalue weighted by Crippen LogP contribution is 2.20. The molecule has 5 nitrogen and oxygen atoms in total. The summed E-state index contributed by atoms with van der Waals surface area (Å²) in [5.41, 5.74) is 3.59. The monoisotopic (exact) mass is 287 g/mol. The summed E-state index contributed by atoms with van der Waals surface area (Å²) in [4.78, 5) is 6.96. The van der Waals surface area contributed by atoms with Crippen molar-refractivity contribution in [2.45, 2.75) is 32.9 Å². The Morgan fingerprint density at radius 1 is 1.29 bits per heavy atom. The summed E-state index contributed by atoms with van der Waals surface area (Å²) in [6.45, 7) is 6.02. The Balaban J connectivity index is 2.24. The van der Waals surface area contributed by atoms with E-state index in [4.69, 9.17) is 4.98 Å². The van der Waals surface area contributed by atoms with Crippen LogP contribution in [0.15, 0.2) is 24.5 Å². The molecule has 21 heavy (non-hydrogen) atoms. The van der Waals surface area contributed by atoms with E-state index in [0.717, 1.165) is 24.6 Å². The van der Waals surface area contributed by atoms with E-state index in [9.17, 15) is 0 Å². The van der Waals surface area contributed by atoms with Gasteiger partial charge in [0.05, 0.1) is 6.20 Å². The van der Waals surface area contributed by atoms with Gasteiger partial charge in [-0.1, -0.05) is 13.8 Å². The molecule has 1 N–H and O–H groups in total. The van der Waals surface area contributed by atoms with Crippen molar-refractivity contribution in [3.63, 3.8) is 0 Å². The molecule has 0 spiro atoms. The minimum atomic E-state index is 0.423. The first-order chi connectivity index (χ1) is 9.99. The van der Waals surface area contributed by atoms with Crippen molar-refractivity contribution in [2.24, 2.45) is 7.05 Å². The summed E-state index contributed by atoms with van der Waals surface area (Å²) in [6.07, 6.45) is 3.94.